The first-order chi connectivity index (χ1) is 6.33. The quantitative estimate of drug-likeness (QED) is 0.635. The summed E-state index contributed by atoms with van der Waals surface area (Å²) < 4.78 is 0. The van der Waals surface area contributed by atoms with Crippen LogP contribution in [-0.2, 0) is 11.2 Å². The molecule has 2 nitrogen and oxygen atoms in total. The van der Waals surface area contributed by atoms with Crippen molar-refractivity contribution in [3.05, 3.63) is 29.8 Å². The van der Waals surface area contributed by atoms with Gasteiger partial charge in [0.05, 0.1) is 0 Å². The number of rotatable bonds is 1. The van der Waals surface area contributed by atoms with Gasteiger partial charge in [0, 0.05) is 18.7 Å². The van der Waals surface area contributed by atoms with Crippen molar-refractivity contribution < 1.29 is 4.79 Å². The van der Waals surface area contributed by atoms with Gasteiger partial charge in [-0.15, -0.1) is 0 Å². The third-order valence-electron chi connectivity index (χ3n) is 2.44. The van der Waals surface area contributed by atoms with Crippen molar-refractivity contribution in [2.45, 2.75) is 19.8 Å². The molecule has 13 heavy (non-hydrogen) atoms. The Bertz CT molecular complexity index is 333. The smallest absolute Gasteiger partial charge is 0.227 e. The fourth-order valence-electron chi connectivity index (χ4n) is 1.78. The van der Waals surface area contributed by atoms with Gasteiger partial charge in [-0.05, 0) is 37.1 Å². The lowest BCUT2D eigenvalue weighted by Crippen LogP contribution is -2.34. The van der Waals surface area contributed by atoms with Crippen LogP contribution in [0.3, 0.4) is 0 Å². The summed E-state index contributed by atoms with van der Waals surface area (Å²) in [6.07, 6.45) is 1.50. The second-order valence-electron chi connectivity index (χ2n) is 3.19. The molecule has 0 saturated carbocycles. The number of carbonyl (C=O) groups is 1. The van der Waals surface area contributed by atoms with Crippen molar-refractivity contribution >= 4 is 11.6 Å². The largest absolute Gasteiger partial charge is 0.312 e. The number of anilines is 1. The van der Waals surface area contributed by atoms with Crippen LogP contribution in [-0.4, -0.2) is 12.5 Å². The number of amides is 1. The van der Waals surface area contributed by atoms with E-state index in [2.05, 4.69) is 6.07 Å². The van der Waals surface area contributed by atoms with Crippen LogP contribution in [0.15, 0.2) is 18.2 Å². The van der Waals surface area contributed by atoms with Gasteiger partial charge in [-0.2, -0.15) is 0 Å². The lowest BCUT2D eigenvalue weighted by Gasteiger charge is -2.27. The van der Waals surface area contributed by atoms with Gasteiger partial charge in [0.15, 0.2) is 0 Å². The van der Waals surface area contributed by atoms with Crippen LogP contribution in [0.4, 0.5) is 5.69 Å². The minimum absolute atomic E-state index is 0.237. The van der Waals surface area contributed by atoms with E-state index in [1.807, 2.05) is 30.0 Å². The molecule has 1 radical (unpaired) electrons. The first kappa shape index (κ1) is 8.30. The molecule has 0 saturated heterocycles. The molecule has 0 spiro atoms. The van der Waals surface area contributed by atoms with Crippen molar-refractivity contribution in [2.24, 2.45) is 0 Å². The number of carbonyl (C=O) groups excluding carboxylic acids is 1. The molecule has 2 heteroatoms. The molecular formula is C11H12NO. The Labute approximate surface area is 78.2 Å². The Morgan fingerprint density at radius 1 is 1.54 bits per heavy atom. The number of hydrogen-bond acceptors (Lipinski definition) is 1. The lowest BCUT2D eigenvalue weighted by atomic mass is 10.0. The monoisotopic (exact) mass is 174 g/mol. The third kappa shape index (κ3) is 1.32. The van der Waals surface area contributed by atoms with Crippen LogP contribution in [0.5, 0.6) is 0 Å². The van der Waals surface area contributed by atoms with Crippen LogP contribution in [0, 0.1) is 6.07 Å². The van der Waals surface area contributed by atoms with Crippen LogP contribution in [0.1, 0.15) is 18.9 Å². The highest BCUT2D eigenvalue weighted by atomic mass is 16.2. The maximum atomic E-state index is 11.5. The first-order valence-electron chi connectivity index (χ1n) is 4.62. The second kappa shape index (κ2) is 3.21. The highest BCUT2D eigenvalue weighted by Gasteiger charge is 2.21. The molecular weight excluding hydrogens is 162 g/mol. The number of hydrogen-bond donors (Lipinski definition) is 0. The molecule has 1 aliphatic heterocycles. The average molecular weight is 174 g/mol. The van der Waals surface area contributed by atoms with Crippen LogP contribution in [0.2, 0.25) is 0 Å². The summed E-state index contributed by atoms with van der Waals surface area (Å²) in [7, 11) is 0. The zero-order valence-electron chi connectivity index (χ0n) is 7.71. The third-order valence-corrected chi connectivity index (χ3v) is 2.44. The molecule has 0 atom stereocenters. The summed E-state index contributed by atoms with van der Waals surface area (Å²) in [5.41, 5.74) is 2.31. The predicted molar refractivity (Wildman–Crippen MR) is 51.6 cm³/mol. The normalized spacial score (nSPS) is 15.8. The van der Waals surface area contributed by atoms with Gasteiger partial charge >= 0.3 is 0 Å². The van der Waals surface area contributed by atoms with E-state index in [4.69, 9.17) is 0 Å². The SMILES string of the molecule is CCN1C(=O)CCc2c[c]ccc21. The number of nitrogens with zero attached hydrogens (tertiary/aromatic N) is 1. The second-order valence-corrected chi connectivity index (χ2v) is 3.19. The van der Waals surface area contributed by atoms with E-state index < -0.39 is 0 Å². The van der Waals surface area contributed by atoms with E-state index >= 15 is 0 Å². The van der Waals surface area contributed by atoms with E-state index in [1.165, 1.54) is 5.56 Å². The molecule has 0 N–H and O–H groups in total. The van der Waals surface area contributed by atoms with Crippen LogP contribution >= 0.6 is 0 Å². The highest BCUT2D eigenvalue weighted by molar-refractivity contribution is 5.96. The molecule has 0 aromatic heterocycles. The maximum Gasteiger partial charge on any atom is 0.227 e. The Hall–Kier alpha value is -1.31. The zero-order valence-corrected chi connectivity index (χ0v) is 7.71. The molecule has 0 unspecified atom stereocenters. The fourth-order valence-corrected chi connectivity index (χ4v) is 1.78. The molecule has 2 rings (SSSR count). The van der Waals surface area contributed by atoms with Crippen molar-refractivity contribution in [2.75, 3.05) is 11.4 Å². The number of benzene rings is 1. The minimum atomic E-state index is 0.237. The topological polar surface area (TPSA) is 20.3 Å². The Kier molecular flexibility index (Phi) is 2.05. The predicted octanol–water partition coefficient (Wildman–Crippen LogP) is 1.79. The summed E-state index contributed by atoms with van der Waals surface area (Å²) in [4.78, 5) is 13.3. The van der Waals surface area contributed by atoms with Gasteiger partial charge in [-0.3, -0.25) is 4.79 Å². The van der Waals surface area contributed by atoms with E-state index in [-0.39, 0.29) is 5.91 Å². The zero-order chi connectivity index (χ0) is 9.26. The lowest BCUT2D eigenvalue weighted by molar-refractivity contribution is -0.118. The molecule has 1 aliphatic rings. The van der Waals surface area contributed by atoms with Crippen molar-refractivity contribution in [1.82, 2.24) is 0 Å². The molecule has 0 bridgehead atoms. The van der Waals surface area contributed by atoms with Crippen LogP contribution in [0.25, 0.3) is 0 Å². The van der Waals surface area contributed by atoms with Gasteiger partial charge in [-0.25, -0.2) is 0 Å². The Morgan fingerprint density at radius 2 is 2.38 bits per heavy atom. The summed E-state index contributed by atoms with van der Waals surface area (Å²) in [6, 6.07) is 8.85. The van der Waals surface area contributed by atoms with Gasteiger partial charge in [-0.1, -0.05) is 6.07 Å². The molecule has 1 heterocycles. The van der Waals surface area contributed by atoms with Crippen LogP contribution < -0.4 is 4.90 Å². The Balaban J connectivity index is 2.45. The number of aryl methyl sites for hydroxylation is 1. The number of fused-ring (bicyclic) bond motifs is 1. The molecule has 1 aromatic carbocycles. The molecule has 0 fully saturated rings. The van der Waals surface area contributed by atoms with Crippen molar-refractivity contribution in [3.8, 4) is 0 Å². The van der Waals surface area contributed by atoms with E-state index in [9.17, 15) is 4.79 Å². The summed E-state index contributed by atoms with van der Waals surface area (Å²) >= 11 is 0. The van der Waals surface area contributed by atoms with Gasteiger partial charge < -0.3 is 4.90 Å². The van der Waals surface area contributed by atoms with Crippen molar-refractivity contribution in [1.29, 1.82) is 0 Å². The maximum absolute atomic E-state index is 11.5. The minimum Gasteiger partial charge on any atom is -0.312 e. The highest BCUT2D eigenvalue weighted by Crippen LogP contribution is 2.26. The molecule has 0 aliphatic carbocycles. The van der Waals surface area contributed by atoms with Gasteiger partial charge in [0.1, 0.15) is 0 Å². The van der Waals surface area contributed by atoms with Gasteiger partial charge in [0.2, 0.25) is 5.91 Å². The standard InChI is InChI=1S/C11H12NO/c1-2-12-10-6-4-3-5-9(10)7-8-11(12)13/h4-6H,2,7-8H2,1H3. The van der Waals surface area contributed by atoms with Crippen molar-refractivity contribution in [3.63, 3.8) is 0 Å². The Morgan fingerprint density at radius 3 is 3.15 bits per heavy atom. The van der Waals surface area contributed by atoms with E-state index in [1.54, 1.807) is 0 Å². The first-order valence-corrected chi connectivity index (χ1v) is 4.62. The van der Waals surface area contributed by atoms with E-state index in [0.717, 1.165) is 18.7 Å². The summed E-state index contributed by atoms with van der Waals surface area (Å²) in [5.74, 6) is 0.237. The molecule has 67 valence electrons. The fraction of sp³-hybridized carbons (Fsp3) is 0.364. The molecule has 1 amide bonds. The van der Waals surface area contributed by atoms with Gasteiger partial charge in [0.25, 0.3) is 0 Å². The average Bonchev–Trinajstić information content (AvgIpc) is 2.18. The van der Waals surface area contributed by atoms with E-state index in [0.29, 0.717) is 6.42 Å². The molecule has 1 aromatic rings. The summed E-state index contributed by atoms with van der Waals surface area (Å²) in [6.45, 7) is 2.76. The summed E-state index contributed by atoms with van der Waals surface area (Å²) in [5, 5.41) is 0.